The maximum atomic E-state index is 13.8. The lowest BCUT2D eigenvalue weighted by atomic mass is 9.96. The van der Waals surface area contributed by atoms with Crippen molar-refractivity contribution in [2.75, 3.05) is 0 Å². The number of nitrogens with one attached hydrogen (secondary N) is 1. The van der Waals surface area contributed by atoms with Gasteiger partial charge in [-0.3, -0.25) is 9.36 Å². The van der Waals surface area contributed by atoms with Gasteiger partial charge in [-0.2, -0.15) is 0 Å². The molecule has 0 saturated carbocycles. The summed E-state index contributed by atoms with van der Waals surface area (Å²) in [5.74, 6) is -0.483. The molecule has 1 unspecified atom stereocenters. The molecule has 0 aliphatic carbocycles. The zero-order chi connectivity index (χ0) is 24.9. The lowest BCUT2D eigenvalue weighted by Crippen LogP contribution is -2.40. The third-order valence-electron chi connectivity index (χ3n) is 5.99. The molecule has 1 aliphatic rings. The predicted octanol–water partition coefficient (Wildman–Crippen LogP) is 4.63. The van der Waals surface area contributed by atoms with Crippen molar-refractivity contribution in [2.24, 2.45) is 4.99 Å². The number of ether oxygens (including phenoxy) is 1. The molecule has 0 bridgehead atoms. The summed E-state index contributed by atoms with van der Waals surface area (Å²) >= 11 is 7.44. The molecule has 0 radical (unpaired) electrons. The number of H-pyrrole nitrogens is 1. The van der Waals surface area contributed by atoms with Crippen LogP contribution in [0.2, 0.25) is 5.02 Å². The van der Waals surface area contributed by atoms with Gasteiger partial charge in [-0.1, -0.05) is 53.3 Å². The molecule has 178 valence electrons. The number of aryl methyl sites for hydroxylation is 1. The zero-order valence-electron chi connectivity index (χ0n) is 19.8. The number of hydrogen-bond acceptors (Lipinski definition) is 5. The summed E-state index contributed by atoms with van der Waals surface area (Å²) < 4.78 is 7.67. The summed E-state index contributed by atoms with van der Waals surface area (Å²) in [7, 11) is 0. The third kappa shape index (κ3) is 4.15. The number of para-hydroxylation sites is 1. The summed E-state index contributed by atoms with van der Waals surface area (Å²) in [5, 5.41) is 1.62. The number of benzene rings is 2. The molecule has 2 aromatic carbocycles. The minimum atomic E-state index is -0.666. The largest absolute Gasteiger partial charge is 0.459 e. The van der Waals surface area contributed by atoms with Crippen molar-refractivity contribution in [3.8, 4) is 0 Å². The van der Waals surface area contributed by atoms with Gasteiger partial charge in [0.2, 0.25) is 0 Å². The number of fused-ring (bicyclic) bond motifs is 2. The monoisotopic (exact) mass is 505 g/mol. The highest BCUT2D eigenvalue weighted by atomic mass is 35.5. The molecule has 0 amide bonds. The highest BCUT2D eigenvalue weighted by Gasteiger charge is 2.33. The molecule has 1 aliphatic heterocycles. The van der Waals surface area contributed by atoms with E-state index < -0.39 is 12.0 Å². The molecule has 35 heavy (non-hydrogen) atoms. The predicted molar refractivity (Wildman–Crippen MR) is 139 cm³/mol. The molecule has 1 atom stereocenters. The fourth-order valence-electron chi connectivity index (χ4n) is 4.44. The van der Waals surface area contributed by atoms with E-state index in [9.17, 15) is 9.59 Å². The van der Waals surface area contributed by atoms with Crippen molar-refractivity contribution < 1.29 is 9.53 Å². The van der Waals surface area contributed by atoms with E-state index in [-0.39, 0.29) is 11.7 Å². The van der Waals surface area contributed by atoms with Crippen molar-refractivity contribution in [3.63, 3.8) is 0 Å². The van der Waals surface area contributed by atoms with Gasteiger partial charge in [-0.25, -0.2) is 9.79 Å². The van der Waals surface area contributed by atoms with Crippen LogP contribution in [0.5, 0.6) is 0 Å². The van der Waals surface area contributed by atoms with Crippen LogP contribution in [-0.2, 0) is 9.53 Å². The van der Waals surface area contributed by atoms with E-state index in [0.29, 0.717) is 25.6 Å². The summed E-state index contributed by atoms with van der Waals surface area (Å²) in [5.41, 5.74) is 4.39. The van der Waals surface area contributed by atoms with E-state index in [1.165, 1.54) is 11.3 Å². The molecule has 1 N–H and O–H groups in total. The minimum absolute atomic E-state index is 0.208. The van der Waals surface area contributed by atoms with E-state index in [0.717, 1.165) is 27.7 Å². The van der Waals surface area contributed by atoms with Gasteiger partial charge in [0.25, 0.3) is 5.56 Å². The van der Waals surface area contributed by atoms with Crippen LogP contribution in [0.25, 0.3) is 17.0 Å². The van der Waals surface area contributed by atoms with Crippen LogP contribution in [0.4, 0.5) is 0 Å². The maximum Gasteiger partial charge on any atom is 0.338 e. The van der Waals surface area contributed by atoms with Gasteiger partial charge in [-0.05, 0) is 57.5 Å². The highest BCUT2D eigenvalue weighted by Crippen LogP contribution is 2.31. The molecule has 3 heterocycles. The van der Waals surface area contributed by atoms with Gasteiger partial charge in [0, 0.05) is 27.2 Å². The fraction of sp³-hybridized carbons (Fsp3) is 0.222. The van der Waals surface area contributed by atoms with Crippen LogP contribution in [-0.4, -0.2) is 21.6 Å². The number of aromatic amines is 1. The summed E-state index contributed by atoms with van der Waals surface area (Å²) in [6, 6.07) is 14.5. The maximum absolute atomic E-state index is 13.8. The van der Waals surface area contributed by atoms with Crippen molar-refractivity contribution in [3.05, 3.63) is 101 Å². The third-order valence-corrected chi connectivity index (χ3v) is 7.22. The summed E-state index contributed by atoms with van der Waals surface area (Å²) in [4.78, 5) is 35.5. The van der Waals surface area contributed by atoms with E-state index in [4.69, 9.17) is 16.3 Å². The number of esters is 1. The second-order valence-corrected chi connectivity index (χ2v) is 10.2. The molecular weight excluding hydrogens is 482 g/mol. The topological polar surface area (TPSA) is 76.5 Å². The molecule has 4 aromatic rings. The first-order chi connectivity index (χ1) is 16.7. The van der Waals surface area contributed by atoms with Gasteiger partial charge in [0.1, 0.15) is 0 Å². The van der Waals surface area contributed by atoms with Crippen molar-refractivity contribution in [2.45, 2.75) is 39.8 Å². The lowest BCUT2D eigenvalue weighted by Gasteiger charge is -2.25. The highest BCUT2D eigenvalue weighted by molar-refractivity contribution is 7.07. The number of allylic oxidation sites excluding steroid dienone is 1. The number of aromatic nitrogens is 2. The molecule has 0 saturated heterocycles. The average Bonchev–Trinajstić information content (AvgIpc) is 3.29. The van der Waals surface area contributed by atoms with Gasteiger partial charge >= 0.3 is 5.97 Å². The van der Waals surface area contributed by atoms with Gasteiger partial charge in [0.15, 0.2) is 4.80 Å². The molecule has 0 spiro atoms. The number of carbonyl (C=O) groups is 1. The molecule has 6 nitrogen and oxygen atoms in total. The van der Waals surface area contributed by atoms with E-state index >= 15 is 0 Å². The smallest absolute Gasteiger partial charge is 0.338 e. The quantitative estimate of drug-likeness (QED) is 0.411. The zero-order valence-corrected chi connectivity index (χ0v) is 21.3. The van der Waals surface area contributed by atoms with E-state index in [1.54, 1.807) is 37.5 Å². The van der Waals surface area contributed by atoms with Gasteiger partial charge in [-0.15, -0.1) is 0 Å². The summed E-state index contributed by atoms with van der Waals surface area (Å²) in [6.45, 7) is 7.36. The Kier molecular flexibility index (Phi) is 5.99. The van der Waals surface area contributed by atoms with Crippen LogP contribution in [0.15, 0.2) is 69.6 Å². The number of rotatable bonds is 4. The lowest BCUT2D eigenvalue weighted by molar-refractivity contribution is -0.143. The SMILES string of the molecule is CC1=C(C(=O)OC(C)C)C(c2ccc(Cl)cc2)n2c(sc(=Cc3c(C)[nH]c4ccccc34)c2=O)=N1. The number of thiazole rings is 1. The second kappa shape index (κ2) is 8.98. The molecular formula is C27H24ClN3O3S. The van der Waals surface area contributed by atoms with Crippen LogP contribution in [0.1, 0.15) is 43.6 Å². The van der Waals surface area contributed by atoms with Crippen LogP contribution in [0, 0.1) is 6.92 Å². The van der Waals surface area contributed by atoms with Crippen molar-refractivity contribution in [1.29, 1.82) is 0 Å². The van der Waals surface area contributed by atoms with Crippen molar-refractivity contribution >= 4 is 45.9 Å². The Morgan fingerprint density at radius 2 is 1.89 bits per heavy atom. The minimum Gasteiger partial charge on any atom is -0.459 e. The number of hydrogen-bond donors (Lipinski definition) is 1. The summed E-state index contributed by atoms with van der Waals surface area (Å²) in [6.07, 6.45) is 1.60. The first kappa shape index (κ1) is 23.3. The standard InChI is InChI=1S/C27H24ClN3O3S/c1-14(2)34-26(33)23-16(4)30-27-31(24(23)17-9-11-18(28)12-10-17)25(32)22(35-27)13-20-15(3)29-21-8-6-5-7-19(20)21/h5-14,24,29H,1-4H3. The van der Waals surface area contributed by atoms with Gasteiger partial charge in [0.05, 0.1) is 27.9 Å². The Morgan fingerprint density at radius 3 is 2.60 bits per heavy atom. The number of halogens is 1. The van der Waals surface area contributed by atoms with Crippen LogP contribution < -0.4 is 14.9 Å². The molecule has 5 rings (SSSR count). The Bertz CT molecular complexity index is 1670. The Balaban J connectivity index is 1.75. The van der Waals surface area contributed by atoms with Crippen LogP contribution in [0.3, 0.4) is 0 Å². The average molecular weight is 506 g/mol. The fourth-order valence-corrected chi connectivity index (χ4v) is 5.59. The Morgan fingerprint density at radius 1 is 1.17 bits per heavy atom. The second-order valence-electron chi connectivity index (χ2n) is 8.80. The Hall–Kier alpha value is -3.42. The molecule has 2 aromatic heterocycles. The molecule has 0 fully saturated rings. The number of nitrogens with zero attached hydrogens (tertiary/aromatic N) is 2. The first-order valence-electron chi connectivity index (χ1n) is 11.3. The van der Waals surface area contributed by atoms with Crippen LogP contribution >= 0.6 is 22.9 Å². The molecule has 8 heteroatoms. The first-order valence-corrected chi connectivity index (χ1v) is 12.5. The van der Waals surface area contributed by atoms with Gasteiger partial charge < -0.3 is 9.72 Å². The number of carbonyl (C=O) groups excluding carboxylic acids is 1. The normalized spacial score (nSPS) is 16.1. The van der Waals surface area contributed by atoms with E-state index in [2.05, 4.69) is 9.98 Å². The van der Waals surface area contributed by atoms with Crippen molar-refractivity contribution in [1.82, 2.24) is 9.55 Å². The van der Waals surface area contributed by atoms with E-state index in [1.807, 2.05) is 49.4 Å². The Labute approximate surface area is 210 Å².